The summed E-state index contributed by atoms with van der Waals surface area (Å²) < 4.78 is 26.0. The van der Waals surface area contributed by atoms with Crippen LogP contribution in [0.3, 0.4) is 0 Å². The van der Waals surface area contributed by atoms with Crippen molar-refractivity contribution in [2.24, 2.45) is 0 Å². The maximum Gasteiger partial charge on any atom is 0.304 e. The molecule has 0 saturated carbocycles. The van der Waals surface area contributed by atoms with Gasteiger partial charge in [0.2, 0.25) is 10.0 Å². The molecule has 100 valence electrons. The maximum atomic E-state index is 11.8. The Balaban J connectivity index is 2.93. The number of anilines is 1. The summed E-state index contributed by atoms with van der Waals surface area (Å²) in [7, 11) is -3.62. The SMILES string of the molecule is CCc1cccc(C)c1NS(=O)(=O)CCC(=O)O. The third-order valence-corrected chi connectivity index (χ3v) is 3.84. The van der Waals surface area contributed by atoms with E-state index >= 15 is 0 Å². The average molecular weight is 271 g/mol. The summed E-state index contributed by atoms with van der Waals surface area (Å²) in [5.41, 5.74) is 2.28. The highest BCUT2D eigenvalue weighted by atomic mass is 32.2. The van der Waals surface area contributed by atoms with Gasteiger partial charge in [0, 0.05) is 0 Å². The zero-order chi connectivity index (χ0) is 13.8. The summed E-state index contributed by atoms with van der Waals surface area (Å²) in [5.74, 6) is -1.54. The van der Waals surface area contributed by atoms with Gasteiger partial charge in [-0.1, -0.05) is 25.1 Å². The smallest absolute Gasteiger partial charge is 0.304 e. The summed E-state index contributed by atoms with van der Waals surface area (Å²) in [4.78, 5) is 10.4. The van der Waals surface area contributed by atoms with Gasteiger partial charge in [-0.2, -0.15) is 0 Å². The predicted molar refractivity (Wildman–Crippen MR) is 70.2 cm³/mol. The zero-order valence-electron chi connectivity index (χ0n) is 10.4. The minimum absolute atomic E-state index is 0.400. The molecule has 18 heavy (non-hydrogen) atoms. The van der Waals surface area contributed by atoms with Gasteiger partial charge in [-0.05, 0) is 24.5 Å². The standard InChI is InChI=1S/C12H17NO4S/c1-3-10-6-4-5-9(2)12(10)13-18(16,17)8-7-11(14)15/h4-6,13H,3,7-8H2,1-2H3,(H,14,15). The first-order valence-corrected chi connectivity index (χ1v) is 7.31. The molecule has 0 aliphatic rings. The molecule has 0 spiro atoms. The molecule has 0 atom stereocenters. The van der Waals surface area contributed by atoms with E-state index in [2.05, 4.69) is 4.72 Å². The van der Waals surface area contributed by atoms with E-state index in [1.165, 1.54) is 0 Å². The molecular weight excluding hydrogens is 254 g/mol. The van der Waals surface area contributed by atoms with E-state index in [1.54, 1.807) is 0 Å². The van der Waals surface area contributed by atoms with Crippen molar-refractivity contribution >= 4 is 21.7 Å². The minimum atomic E-state index is -3.62. The van der Waals surface area contributed by atoms with Gasteiger partial charge in [-0.3, -0.25) is 9.52 Å². The number of aliphatic carboxylic acids is 1. The Labute approximate surface area is 107 Å². The second-order valence-corrected chi connectivity index (χ2v) is 5.87. The van der Waals surface area contributed by atoms with Crippen molar-refractivity contribution in [3.8, 4) is 0 Å². The van der Waals surface area contributed by atoms with Crippen LogP contribution in [0.25, 0.3) is 0 Å². The fraction of sp³-hybridized carbons (Fsp3) is 0.417. The Bertz CT molecular complexity index is 537. The zero-order valence-corrected chi connectivity index (χ0v) is 11.3. The Morgan fingerprint density at radius 1 is 1.39 bits per heavy atom. The van der Waals surface area contributed by atoms with Crippen molar-refractivity contribution in [2.45, 2.75) is 26.7 Å². The van der Waals surface area contributed by atoms with Crippen molar-refractivity contribution in [3.63, 3.8) is 0 Å². The Morgan fingerprint density at radius 3 is 2.61 bits per heavy atom. The lowest BCUT2D eigenvalue weighted by Gasteiger charge is -2.13. The molecule has 1 rings (SSSR count). The van der Waals surface area contributed by atoms with Crippen LogP contribution in [0.5, 0.6) is 0 Å². The quantitative estimate of drug-likeness (QED) is 0.826. The molecule has 0 heterocycles. The van der Waals surface area contributed by atoms with Crippen LogP contribution in [-0.4, -0.2) is 25.2 Å². The van der Waals surface area contributed by atoms with Gasteiger partial charge in [-0.15, -0.1) is 0 Å². The molecule has 0 fully saturated rings. The number of benzene rings is 1. The van der Waals surface area contributed by atoms with Gasteiger partial charge < -0.3 is 5.11 Å². The van der Waals surface area contributed by atoms with Gasteiger partial charge in [0.25, 0.3) is 0 Å². The Morgan fingerprint density at radius 2 is 2.06 bits per heavy atom. The number of nitrogens with one attached hydrogen (secondary N) is 1. The third kappa shape index (κ3) is 4.03. The van der Waals surface area contributed by atoms with Gasteiger partial charge in [-0.25, -0.2) is 8.42 Å². The van der Waals surface area contributed by atoms with Crippen LogP contribution in [0, 0.1) is 6.92 Å². The molecule has 5 nitrogen and oxygen atoms in total. The maximum absolute atomic E-state index is 11.8. The van der Waals surface area contributed by atoms with Crippen LogP contribution < -0.4 is 4.72 Å². The van der Waals surface area contributed by atoms with E-state index in [0.717, 1.165) is 11.1 Å². The first-order valence-electron chi connectivity index (χ1n) is 5.66. The number of hydrogen-bond acceptors (Lipinski definition) is 3. The van der Waals surface area contributed by atoms with Crippen LogP contribution in [-0.2, 0) is 21.2 Å². The van der Waals surface area contributed by atoms with Crippen LogP contribution in [0.2, 0.25) is 0 Å². The predicted octanol–water partition coefficient (Wildman–Crippen LogP) is 1.77. The monoisotopic (exact) mass is 271 g/mol. The largest absolute Gasteiger partial charge is 0.481 e. The molecule has 0 unspecified atom stereocenters. The number of sulfonamides is 1. The second-order valence-electron chi connectivity index (χ2n) is 4.03. The lowest BCUT2D eigenvalue weighted by atomic mass is 10.1. The second kappa shape index (κ2) is 5.86. The molecule has 0 bridgehead atoms. The summed E-state index contributed by atoms with van der Waals surface area (Å²) in [5, 5.41) is 8.51. The molecule has 0 saturated heterocycles. The molecule has 0 amide bonds. The van der Waals surface area contributed by atoms with E-state index in [1.807, 2.05) is 32.0 Å². The van der Waals surface area contributed by atoms with E-state index < -0.39 is 28.2 Å². The molecule has 1 aromatic rings. The van der Waals surface area contributed by atoms with Crippen molar-refractivity contribution < 1.29 is 18.3 Å². The molecule has 0 aliphatic heterocycles. The lowest BCUT2D eigenvalue weighted by molar-refractivity contribution is -0.136. The molecule has 6 heteroatoms. The number of rotatable bonds is 6. The van der Waals surface area contributed by atoms with E-state index in [-0.39, 0.29) is 0 Å². The van der Waals surface area contributed by atoms with Crippen LogP contribution in [0.4, 0.5) is 5.69 Å². The lowest BCUT2D eigenvalue weighted by Crippen LogP contribution is -2.20. The van der Waals surface area contributed by atoms with Crippen molar-refractivity contribution in [1.29, 1.82) is 0 Å². The molecule has 0 aromatic heterocycles. The highest BCUT2D eigenvalue weighted by molar-refractivity contribution is 7.92. The van der Waals surface area contributed by atoms with Crippen LogP contribution in [0.15, 0.2) is 18.2 Å². The number of carbonyl (C=O) groups is 1. The highest BCUT2D eigenvalue weighted by Crippen LogP contribution is 2.22. The van der Waals surface area contributed by atoms with E-state index in [9.17, 15) is 13.2 Å². The molecule has 0 aliphatic carbocycles. The van der Waals surface area contributed by atoms with Crippen molar-refractivity contribution in [2.75, 3.05) is 10.5 Å². The summed E-state index contributed by atoms with van der Waals surface area (Å²) in [6, 6.07) is 5.53. The fourth-order valence-electron chi connectivity index (χ4n) is 1.60. The molecule has 0 radical (unpaired) electrons. The molecular formula is C12H17NO4S. The highest BCUT2D eigenvalue weighted by Gasteiger charge is 2.15. The Hall–Kier alpha value is -1.56. The van der Waals surface area contributed by atoms with Gasteiger partial charge in [0.1, 0.15) is 0 Å². The average Bonchev–Trinajstić information content (AvgIpc) is 2.29. The van der Waals surface area contributed by atoms with Gasteiger partial charge in [0.15, 0.2) is 0 Å². The number of aryl methyl sites for hydroxylation is 2. The van der Waals surface area contributed by atoms with E-state index in [0.29, 0.717) is 12.1 Å². The summed E-state index contributed by atoms with van der Waals surface area (Å²) in [6.07, 6.45) is 0.307. The minimum Gasteiger partial charge on any atom is -0.481 e. The third-order valence-electron chi connectivity index (χ3n) is 2.58. The number of carboxylic acid groups (broad SMARTS) is 1. The molecule has 2 N–H and O–H groups in total. The van der Waals surface area contributed by atoms with Gasteiger partial charge >= 0.3 is 5.97 Å². The van der Waals surface area contributed by atoms with E-state index in [4.69, 9.17) is 5.11 Å². The first kappa shape index (κ1) is 14.5. The Kier molecular flexibility index (Phi) is 4.72. The fourth-order valence-corrected chi connectivity index (χ4v) is 2.75. The first-order chi connectivity index (χ1) is 8.35. The number of para-hydroxylation sites is 1. The normalized spacial score (nSPS) is 11.2. The summed E-state index contributed by atoms with van der Waals surface area (Å²) in [6.45, 7) is 3.75. The van der Waals surface area contributed by atoms with Crippen molar-refractivity contribution in [1.82, 2.24) is 0 Å². The number of carboxylic acids is 1. The van der Waals surface area contributed by atoms with Crippen LogP contribution in [0.1, 0.15) is 24.5 Å². The van der Waals surface area contributed by atoms with Crippen LogP contribution >= 0.6 is 0 Å². The van der Waals surface area contributed by atoms with Crippen molar-refractivity contribution in [3.05, 3.63) is 29.3 Å². The molecule has 1 aromatic carbocycles. The number of hydrogen-bond donors (Lipinski definition) is 2. The topological polar surface area (TPSA) is 83.5 Å². The summed E-state index contributed by atoms with van der Waals surface area (Å²) >= 11 is 0. The van der Waals surface area contributed by atoms with Gasteiger partial charge in [0.05, 0.1) is 17.9 Å².